The summed E-state index contributed by atoms with van der Waals surface area (Å²) in [5.41, 5.74) is 5.93. The van der Waals surface area contributed by atoms with Gasteiger partial charge in [-0.3, -0.25) is 9.28 Å². The second kappa shape index (κ2) is 13.5. The highest BCUT2D eigenvalue weighted by Crippen LogP contribution is 2.26. The van der Waals surface area contributed by atoms with E-state index in [4.69, 9.17) is 9.47 Å². The molecule has 0 aliphatic heterocycles. The molecule has 39 heavy (non-hydrogen) atoms. The van der Waals surface area contributed by atoms with Gasteiger partial charge in [0.2, 0.25) is 0 Å². The molecule has 1 heterocycles. The van der Waals surface area contributed by atoms with Gasteiger partial charge in [0.15, 0.2) is 0 Å². The maximum atomic E-state index is 12.2. The summed E-state index contributed by atoms with van der Waals surface area (Å²) < 4.78 is 14.7. The summed E-state index contributed by atoms with van der Waals surface area (Å²) in [6, 6.07) is 27.1. The van der Waals surface area contributed by atoms with Crippen LogP contribution in [-0.2, 0) is 29.1 Å². The minimum atomic E-state index is -0.142. The first-order chi connectivity index (χ1) is 18.8. The molecule has 0 unspecified atom stereocenters. The number of rotatable bonds is 14. The number of nitrogens with zero attached hydrogens (tertiary/aromatic N) is 2. The van der Waals surface area contributed by atoms with Crippen LogP contribution in [-0.4, -0.2) is 38.3 Å². The summed E-state index contributed by atoms with van der Waals surface area (Å²) in [6.07, 6.45) is 5.80. The number of unbranched alkanes of at least 4 members (excludes halogenated alkanes) is 4. The van der Waals surface area contributed by atoms with Crippen LogP contribution in [0.15, 0.2) is 78.9 Å². The van der Waals surface area contributed by atoms with Crippen LogP contribution in [0, 0.1) is 6.92 Å². The van der Waals surface area contributed by atoms with Crippen molar-refractivity contribution in [1.29, 1.82) is 0 Å². The molecule has 4 aromatic rings. The van der Waals surface area contributed by atoms with Gasteiger partial charge in [-0.15, -0.1) is 0 Å². The summed E-state index contributed by atoms with van der Waals surface area (Å²) in [6.45, 7) is 4.28. The van der Waals surface area contributed by atoms with Crippen molar-refractivity contribution in [1.82, 2.24) is 9.05 Å². The van der Waals surface area contributed by atoms with Crippen molar-refractivity contribution in [3.8, 4) is 5.75 Å². The van der Waals surface area contributed by atoms with Crippen LogP contribution >= 0.6 is 0 Å². The molecule has 0 atom stereocenters. The fourth-order valence-corrected chi connectivity index (χ4v) is 4.88. The molecule has 0 amide bonds. The van der Waals surface area contributed by atoms with Crippen LogP contribution in [0.3, 0.4) is 0 Å². The van der Waals surface area contributed by atoms with Crippen molar-refractivity contribution in [2.24, 2.45) is 0 Å². The number of aromatic nitrogens is 1. The summed E-state index contributed by atoms with van der Waals surface area (Å²) >= 11 is 0. The first kappa shape index (κ1) is 28.4. The highest BCUT2D eigenvalue weighted by molar-refractivity contribution is 5.82. The molecule has 0 spiro atoms. The lowest BCUT2D eigenvalue weighted by Gasteiger charge is -2.23. The average Bonchev–Trinajstić information content (AvgIpc) is 3.23. The molecule has 0 aliphatic rings. The van der Waals surface area contributed by atoms with E-state index in [2.05, 4.69) is 81.2 Å². The molecule has 0 aliphatic carbocycles. The molecule has 1 aromatic heterocycles. The van der Waals surface area contributed by atoms with Crippen molar-refractivity contribution in [3.05, 3.63) is 95.7 Å². The van der Waals surface area contributed by atoms with Gasteiger partial charge in [-0.1, -0.05) is 61.7 Å². The van der Waals surface area contributed by atoms with Gasteiger partial charge in [0.25, 0.3) is 0 Å². The molecule has 0 fully saturated rings. The number of quaternary nitrogens is 1. The van der Waals surface area contributed by atoms with Gasteiger partial charge in [0.1, 0.15) is 18.0 Å². The summed E-state index contributed by atoms with van der Waals surface area (Å²) in [7, 11) is 6.39. The summed E-state index contributed by atoms with van der Waals surface area (Å²) in [5, 5.41) is 1.23. The zero-order valence-electron chi connectivity index (χ0n) is 24.0. The molecular formula is C34H43N2O3+. The van der Waals surface area contributed by atoms with E-state index < -0.39 is 0 Å². The zero-order valence-corrected chi connectivity index (χ0v) is 24.0. The van der Waals surface area contributed by atoms with E-state index in [0.29, 0.717) is 19.6 Å². The summed E-state index contributed by atoms with van der Waals surface area (Å²) in [5.74, 6) is 0.763. The SMILES string of the molecule is Cc1cc2cc(OCc3ccccc3)ccc2n1CCCCCCCOC(=O)Cc1ccc([N+](C)(C)C)cc1. The van der Waals surface area contributed by atoms with E-state index in [1.54, 1.807) is 0 Å². The highest BCUT2D eigenvalue weighted by Gasteiger charge is 2.12. The lowest BCUT2D eigenvalue weighted by molar-refractivity contribution is -0.142. The minimum Gasteiger partial charge on any atom is -0.489 e. The molecule has 0 bridgehead atoms. The van der Waals surface area contributed by atoms with Gasteiger partial charge in [-0.05, 0) is 67.3 Å². The predicted molar refractivity (Wildman–Crippen MR) is 161 cm³/mol. The monoisotopic (exact) mass is 527 g/mol. The Kier molecular flexibility index (Phi) is 9.83. The number of fused-ring (bicyclic) bond motifs is 1. The number of carbonyl (C=O) groups excluding carboxylic acids is 1. The number of benzene rings is 3. The number of ether oxygens (including phenoxy) is 2. The van der Waals surface area contributed by atoms with E-state index in [1.807, 2.05) is 30.3 Å². The van der Waals surface area contributed by atoms with E-state index in [1.165, 1.54) is 34.3 Å². The third kappa shape index (κ3) is 8.46. The summed E-state index contributed by atoms with van der Waals surface area (Å²) in [4.78, 5) is 12.2. The maximum Gasteiger partial charge on any atom is 0.310 e. The molecule has 5 nitrogen and oxygen atoms in total. The van der Waals surface area contributed by atoms with Crippen molar-refractivity contribution >= 4 is 22.6 Å². The predicted octanol–water partition coefficient (Wildman–Crippen LogP) is 7.46. The first-order valence-electron chi connectivity index (χ1n) is 14.1. The molecule has 3 aromatic carbocycles. The van der Waals surface area contributed by atoms with Gasteiger partial charge in [-0.25, -0.2) is 0 Å². The Hall–Kier alpha value is -3.57. The number of hydrogen-bond donors (Lipinski definition) is 0. The zero-order chi connectivity index (χ0) is 27.7. The number of hydrogen-bond acceptors (Lipinski definition) is 3. The first-order valence-corrected chi connectivity index (χ1v) is 14.1. The van der Waals surface area contributed by atoms with Crippen LogP contribution in [0.4, 0.5) is 5.69 Å². The largest absolute Gasteiger partial charge is 0.489 e. The second-order valence-corrected chi connectivity index (χ2v) is 11.3. The normalized spacial score (nSPS) is 11.6. The fraction of sp³-hybridized carbons (Fsp3) is 0.382. The van der Waals surface area contributed by atoms with Crippen molar-refractivity contribution in [3.63, 3.8) is 0 Å². The average molecular weight is 528 g/mol. The van der Waals surface area contributed by atoms with Crippen molar-refractivity contribution in [2.75, 3.05) is 27.7 Å². The lowest BCUT2D eigenvalue weighted by Crippen LogP contribution is -2.34. The third-order valence-corrected chi connectivity index (χ3v) is 7.18. The van der Waals surface area contributed by atoms with Gasteiger partial charge >= 0.3 is 5.97 Å². The Morgan fingerprint density at radius 2 is 1.51 bits per heavy atom. The molecule has 0 N–H and O–H groups in total. The lowest BCUT2D eigenvalue weighted by atomic mass is 10.1. The quantitative estimate of drug-likeness (QED) is 0.0971. The minimum absolute atomic E-state index is 0.142. The Bertz CT molecular complexity index is 1330. The Morgan fingerprint density at radius 1 is 0.795 bits per heavy atom. The van der Waals surface area contributed by atoms with Crippen LogP contribution in [0.25, 0.3) is 10.9 Å². The van der Waals surface area contributed by atoms with E-state index >= 15 is 0 Å². The Morgan fingerprint density at radius 3 is 2.26 bits per heavy atom. The molecule has 0 saturated carbocycles. The third-order valence-electron chi connectivity index (χ3n) is 7.18. The molecular weight excluding hydrogens is 484 g/mol. The Balaban J connectivity index is 1.12. The van der Waals surface area contributed by atoms with Crippen LogP contribution in [0.5, 0.6) is 5.75 Å². The van der Waals surface area contributed by atoms with E-state index in [9.17, 15) is 4.79 Å². The van der Waals surface area contributed by atoms with Gasteiger partial charge in [0, 0.05) is 23.1 Å². The van der Waals surface area contributed by atoms with Crippen molar-refractivity contribution in [2.45, 2.75) is 58.6 Å². The number of aryl methyl sites for hydroxylation is 2. The number of carbonyl (C=O) groups is 1. The molecule has 4 rings (SSSR count). The van der Waals surface area contributed by atoms with E-state index in [-0.39, 0.29) is 5.97 Å². The van der Waals surface area contributed by atoms with Gasteiger partial charge < -0.3 is 14.0 Å². The molecule has 0 saturated heterocycles. The Labute approximate surface area is 233 Å². The van der Waals surface area contributed by atoms with E-state index in [0.717, 1.165) is 48.0 Å². The maximum absolute atomic E-state index is 12.2. The molecule has 5 heteroatoms. The highest BCUT2D eigenvalue weighted by atomic mass is 16.5. The second-order valence-electron chi connectivity index (χ2n) is 11.3. The smallest absolute Gasteiger partial charge is 0.310 e. The topological polar surface area (TPSA) is 40.5 Å². The van der Waals surface area contributed by atoms with Crippen LogP contribution in [0.1, 0.15) is 48.9 Å². The molecule has 206 valence electrons. The van der Waals surface area contributed by atoms with Crippen LogP contribution < -0.4 is 9.22 Å². The van der Waals surface area contributed by atoms with Gasteiger partial charge in [-0.2, -0.15) is 0 Å². The van der Waals surface area contributed by atoms with Crippen LogP contribution in [0.2, 0.25) is 0 Å². The standard InChI is InChI=1S/C34H43N2O3/c1-27-23-30-25-32(39-26-29-13-9-8-10-14-29)19-20-33(30)35(27)21-11-6-5-7-12-22-38-34(37)24-28-15-17-31(18-16-28)36(2,3)4/h8-10,13-20,23,25H,5-7,11-12,21-22,24,26H2,1-4H3/q+1. The van der Waals surface area contributed by atoms with Crippen molar-refractivity contribution < 1.29 is 14.3 Å². The number of esters is 1. The fourth-order valence-electron chi connectivity index (χ4n) is 4.88. The van der Waals surface area contributed by atoms with Gasteiger partial charge in [0.05, 0.1) is 34.2 Å². The molecule has 0 radical (unpaired) electrons.